The highest BCUT2D eigenvalue weighted by Crippen LogP contribution is 2.32. The molecule has 1 aromatic carbocycles. The molecule has 1 atom stereocenters. The molecule has 186 valence electrons. The molecule has 0 N–H and O–H groups in total. The van der Waals surface area contributed by atoms with Crippen LogP contribution in [0.2, 0.25) is 0 Å². The smallest absolute Gasteiger partial charge is 0.232 e. The maximum atomic E-state index is 12.8. The molecule has 2 saturated heterocycles. The maximum absolute atomic E-state index is 12.8. The van der Waals surface area contributed by atoms with Crippen LogP contribution < -0.4 is 4.74 Å². The van der Waals surface area contributed by atoms with Crippen molar-refractivity contribution in [1.29, 1.82) is 0 Å². The first-order valence-electron chi connectivity index (χ1n) is 12.1. The van der Waals surface area contributed by atoms with Gasteiger partial charge in [-0.05, 0) is 95.5 Å². The first-order valence-corrected chi connectivity index (χ1v) is 14.0. The second-order valence-corrected chi connectivity index (χ2v) is 11.9. The van der Waals surface area contributed by atoms with Gasteiger partial charge in [-0.2, -0.15) is 11.8 Å². The third-order valence-corrected chi connectivity index (χ3v) is 9.28. The van der Waals surface area contributed by atoms with Gasteiger partial charge < -0.3 is 14.5 Å². The number of thioether (sulfide) groups is 1. The summed E-state index contributed by atoms with van der Waals surface area (Å²) in [6.45, 7) is 9.77. The van der Waals surface area contributed by atoms with Crippen molar-refractivity contribution in [2.75, 3.05) is 72.5 Å². The molecule has 3 rings (SSSR count). The van der Waals surface area contributed by atoms with Crippen LogP contribution in [0.3, 0.4) is 0 Å². The summed E-state index contributed by atoms with van der Waals surface area (Å²) in [7, 11) is 8.05. The molecule has 0 aliphatic carbocycles. The standard InChI is InChI=1S/C25H42N4O2S2/c1-19-15-23(31-6)16-20(2)25(19)33-27(4)13-14-32-18-24(30)28(5)22-9-12-29(17-22)21-7-10-26(3)11-8-21/h15-16,21-22H,7-14,17-18H2,1-6H3/t22-/m1/s1. The number of methoxy groups -OCH3 is 1. The molecular formula is C25H42N4O2S2. The van der Waals surface area contributed by atoms with E-state index >= 15 is 0 Å². The molecule has 0 bridgehead atoms. The van der Waals surface area contributed by atoms with Crippen LogP contribution in [0.1, 0.15) is 30.4 Å². The number of aryl methyl sites for hydroxylation is 2. The summed E-state index contributed by atoms with van der Waals surface area (Å²) in [6, 6.07) is 5.25. The summed E-state index contributed by atoms with van der Waals surface area (Å²) in [6.07, 6.45) is 3.63. The van der Waals surface area contributed by atoms with Crippen LogP contribution in [0.5, 0.6) is 5.75 Å². The minimum Gasteiger partial charge on any atom is -0.497 e. The van der Waals surface area contributed by atoms with Gasteiger partial charge in [0, 0.05) is 49.4 Å². The number of amides is 1. The van der Waals surface area contributed by atoms with Crippen molar-refractivity contribution in [3.63, 3.8) is 0 Å². The van der Waals surface area contributed by atoms with Gasteiger partial charge in [-0.3, -0.25) is 9.69 Å². The van der Waals surface area contributed by atoms with E-state index in [1.165, 1.54) is 42.0 Å². The van der Waals surface area contributed by atoms with Gasteiger partial charge >= 0.3 is 0 Å². The van der Waals surface area contributed by atoms with Crippen molar-refractivity contribution < 1.29 is 9.53 Å². The number of ether oxygens (including phenoxy) is 1. The molecular weight excluding hydrogens is 452 g/mol. The lowest BCUT2D eigenvalue weighted by molar-refractivity contribution is -0.128. The minimum atomic E-state index is 0.271. The van der Waals surface area contributed by atoms with Crippen molar-refractivity contribution in [3.05, 3.63) is 23.3 Å². The average molecular weight is 495 g/mol. The monoisotopic (exact) mass is 494 g/mol. The Bertz CT molecular complexity index is 763. The van der Waals surface area contributed by atoms with Crippen LogP contribution in [0.4, 0.5) is 0 Å². The fraction of sp³-hybridized carbons (Fsp3) is 0.720. The number of likely N-dealkylation sites (N-methyl/N-ethyl adjacent to an activating group) is 1. The van der Waals surface area contributed by atoms with Gasteiger partial charge in [0.2, 0.25) is 5.91 Å². The third kappa shape index (κ3) is 7.52. The van der Waals surface area contributed by atoms with Crippen LogP contribution in [-0.2, 0) is 4.79 Å². The molecule has 2 heterocycles. The fourth-order valence-corrected chi connectivity index (χ4v) is 6.75. The van der Waals surface area contributed by atoms with Crippen molar-refractivity contribution in [2.24, 2.45) is 0 Å². The molecule has 0 spiro atoms. The number of rotatable bonds is 10. The Hall–Kier alpha value is -0.930. The molecule has 0 saturated carbocycles. The first-order chi connectivity index (χ1) is 15.8. The normalized spacial score (nSPS) is 20.5. The van der Waals surface area contributed by atoms with E-state index in [0.29, 0.717) is 17.8 Å². The van der Waals surface area contributed by atoms with Crippen LogP contribution in [-0.4, -0.2) is 109 Å². The zero-order valence-corrected chi connectivity index (χ0v) is 22.9. The number of piperidine rings is 1. The van der Waals surface area contributed by atoms with Crippen LogP contribution in [0, 0.1) is 13.8 Å². The summed E-state index contributed by atoms with van der Waals surface area (Å²) < 4.78 is 7.63. The largest absolute Gasteiger partial charge is 0.497 e. The molecule has 1 aromatic rings. The summed E-state index contributed by atoms with van der Waals surface area (Å²) in [4.78, 5) is 21.1. The van der Waals surface area contributed by atoms with E-state index in [1.807, 2.05) is 11.9 Å². The van der Waals surface area contributed by atoms with E-state index in [-0.39, 0.29) is 5.91 Å². The molecule has 33 heavy (non-hydrogen) atoms. The first kappa shape index (κ1) is 26.7. The second kappa shape index (κ2) is 12.7. The molecule has 0 unspecified atom stereocenters. The highest BCUT2D eigenvalue weighted by molar-refractivity contribution is 8.00. The Morgan fingerprint density at radius 2 is 1.79 bits per heavy atom. The molecule has 0 aromatic heterocycles. The number of nitrogens with zero attached hydrogens (tertiary/aromatic N) is 4. The minimum absolute atomic E-state index is 0.271. The van der Waals surface area contributed by atoms with E-state index in [2.05, 4.69) is 54.2 Å². The van der Waals surface area contributed by atoms with Crippen molar-refractivity contribution in [2.45, 2.75) is 50.1 Å². The lowest BCUT2D eigenvalue weighted by atomic mass is 10.0. The molecule has 6 nitrogen and oxygen atoms in total. The zero-order chi connectivity index (χ0) is 24.0. The van der Waals surface area contributed by atoms with Crippen molar-refractivity contribution in [3.8, 4) is 5.75 Å². The summed E-state index contributed by atoms with van der Waals surface area (Å²) >= 11 is 3.52. The lowest BCUT2D eigenvalue weighted by Crippen LogP contribution is -2.45. The topological polar surface area (TPSA) is 39.3 Å². The number of hydrogen-bond donors (Lipinski definition) is 0. The molecule has 8 heteroatoms. The average Bonchev–Trinajstić information content (AvgIpc) is 3.29. The van der Waals surface area contributed by atoms with Crippen LogP contribution in [0.15, 0.2) is 17.0 Å². The Morgan fingerprint density at radius 1 is 1.12 bits per heavy atom. The SMILES string of the molecule is COc1cc(C)c(SN(C)CCSCC(=O)N(C)[C@@H]2CCN(C3CCN(C)CC3)C2)c(C)c1. The summed E-state index contributed by atoms with van der Waals surface area (Å²) in [5.74, 6) is 2.70. The predicted molar refractivity (Wildman–Crippen MR) is 142 cm³/mol. The predicted octanol–water partition coefficient (Wildman–Crippen LogP) is 3.61. The van der Waals surface area contributed by atoms with E-state index < -0.39 is 0 Å². The van der Waals surface area contributed by atoms with E-state index in [1.54, 1.807) is 30.8 Å². The van der Waals surface area contributed by atoms with Gasteiger partial charge in [0.05, 0.1) is 12.9 Å². The van der Waals surface area contributed by atoms with E-state index in [9.17, 15) is 4.79 Å². The quantitative estimate of drug-likeness (QED) is 0.363. The third-order valence-electron chi connectivity index (χ3n) is 7.03. The lowest BCUT2D eigenvalue weighted by Gasteiger charge is -2.35. The molecule has 2 aliphatic rings. The Kier molecular flexibility index (Phi) is 10.2. The number of benzene rings is 1. The van der Waals surface area contributed by atoms with E-state index in [4.69, 9.17) is 4.74 Å². The molecule has 2 fully saturated rings. The summed E-state index contributed by atoms with van der Waals surface area (Å²) in [5, 5.41) is 0. The number of carbonyl (C=O) groups is 1. The zero-order valence-electron chi connectivity index (χ0n) is 21.3. The van der Waals surface area contributed by atoms with Crippen LogP contribution in [0.25, 0.3) is 0 Å². The molecule has 2 aliphatic heterocycles. The number of likely N-dealkylation sites (tertiary alicyclic amines) is 2. The Morgan fingerprint density at radius 3 is 2.42 bits per heavy atom. The number of hydrogen-bond acceptors (Lipinski definition) is 7. The van der Waals surface area contributed by atoms with Gasteiger partial charge in [0.1, 0.15) is 5.75 Å². The fourth-order valence-electron chi connectivity index (χ4n) is 4.81. The molecule has 1 amide bonds. The number of carbonyl (C=O) groups excluding carboxylic acids is 1. The maximum Gasteiger partial charge on any atom is 0.232 e. The molecule has 0 radical (unpaired) electrons. The Labute approximate surface area is 209 Å². The van der Waals surface area contributed by atoms with Crippen LogP contribution >= 0.6 is 23.7 Å². The van der Waals surface area contributed by atoms with Crippen molar-refractivity contribution in [1.82, 2.24) is 19.0 Å². The highest BCUT2D eigenvalue weighted by Gasteiger charge is 2.33. The van der Waals surface area contributed by atoms with Crippen molar-refractivity contribution >= 4 is 29.6 Å². The second-order valence-electron chi connectivity index (χ2n) is 9.56. The van der Waals surface area contributed by atoms with E-state index in [0.717, 1.165) is 37.6 Å². The van der Waals surface area contributed by atoms with Gasteiger partial charge in [0.15, 0.2) is 0 Å². The van der Waals surface area contributed by atoms with Gasteiger partial charge in [-0.25, -0.2) is 4.31 Å². The van der Waals surface area contributed by atoms with Gasteiger partial charge in [0.25, 0.3) is 0 Å². The summed E-state index contributed by atoms with van der Waals surface area (Å²) in [5.41, 5.74) is 2.47. The van der Waals surface area contributed by atoms with Gasteiger partial charge in [-0.15, -0.1) is 0 Å². The highest BCUT2D eigenvalue weighted by atomic mass is 32.2. The Balaban J connectivity index is 1.35. The van der Waals surface area contributed by atoms with Gasteiger partial charge in [-0.1, -0.05) is 0 Å².